The first-order valence-electron chi connectivity index (χ1n) is 8.32. The van der Waals surface area contributed by atoms with E-state index in [1.54, 1.807) is 18.7 Å². The van der Waals surface area contributed by atoms with E-state index in [9.17, 15) is 4.79 Å². The van der Waals surface area contributed by atoms with E-state index in [1.165, 1.54) is 0 Å². The first-order valence-corrected chi connectivity index (χ1v) is 9.68. The number of nitrogens with zero attached hydrogens (tertiary/aromatic N) is 1. The number of thioether (sulfide) groups is 1. The lowest BCUT2D eigenvalue weighted by atomic mass is 10.2. The molecule has 0 radical (unpaired) electrons. The maximum Gasteiger partial charge on any atom is 0.311 e. The van der Waals surface area contributed by atoms with Crippen LogP contribution in [0.5, 0.6) is 0 Å². The number of carbonyl (C=O) groups excluding carboxylic acids is 1. The molecule has 0 fully saturated rings. The van der Waals surface area contributed by atoms with E-state index in [0.29, 0.717) is 6.61 Å². The molecule has 0 aromatic heterocycles. The first-order chi connectivity index (χ1) is 12.6. The quantitative estimate of drug-likeness (QED) is 0.683. The predicted octanol–water partition coefficient (Wildman–Crippen LogP) is 5.57. The number of para-hydroxylation sites is 2. The Bertz CT molecular complexity index is 864. The predicted molar refractivity (Wildman–Crippen MR) is 109 cm³/mol. The van der Waals surface area contributed by atoms with Crippen molar-refractivity contribution in [3.05, 3.63) is 70.9 Å². The Morgan fingerprint density at radius 1 is 1.23 bits per heavy atom. The van der Waals surface area contributed by atoms with E-state index < -0.39 is 0 Å². The van der Waals surface area contributed by atoms with Crippen LogP contribution >= 0.6 is 23.4 Å². The minimum absolute atomic E-state index is 0.179. The molecule has 0 aliphatic carbocycles. The van der Waals surface area contributed by atoms with Gasteiger partial charge in [0.25, 0.3) is 0 Å². The molecular weight excluding hydrogens is 368 g/mol. The molecule has 4 nitrogen and oxygen atoms in total. The van der Waals surface area contributed by atoms with Crippen molar-refractivity contribution in [3.63, 3.8) is 0 Å². The van der Waals surface area contributed by atoms with Gasteiger partial charge in [-0.1, -0.05) is 35.9 Å². The van der Waals surface area contributed by atoms with Gasteiger partial charge in [-0.3, -0.25) is 4.79 Å². The Balaban J connectivity index is 1.82. The third-order valence-corrected chi connectivity index (χ3v) is 4.86. The molecular formula is C20H19ClN2O2S. The number of hydrogen-bond acceptors (Lipinski definition) is 5. The Hall–Kier alpha value is -2.24. The average Bonchev–Trinajstić information content (AvgIpc) is 2.78. The molecule has 0 atom stereocenters. The molecule has 1 aliphatic rings. The summed E-state index contributed by atoms with van der Waals surface area (Å²) < 4.78 is 5.07. The van der Waals surface area contributed by atoms with Crippen molar-refractivity contribution in [2.75, 3.05) is 11.9 Å². The Kier molecular flexibility index (Phi) is 6.36. The molecule has 3 rings (SSSR count). The normalized spacial score (nSPS) is 13.0. The molecule has 1 aliphatic heterocycles. The summed E-state index contributed by atoms with van der Waals surface area (Å²) in [5, 5.41) is 4.85. The highest BCUT2D eigenvalue weighted by Crippen LogP contribution is 2.31. The zero-order chi connectivity index (χ0) is 18.4. The first kappa shape index (κ1) is 18.5. The number of aliphatic imine (C=N–C) groups is 1. The zero-order valence-electron chi connectivity index (χ0n) is 14.4. The third-order valence-electron chi connectivity index (χ3n) is 3.64. The fraction of sp³-hybridized carbons (Fsp3) is 0.200. The van der Waals surface area contributed by atoms with Gasteiger partial charge >= 0.3 is 5.97 Å². The number of benzene rings is 2. The van der Waals surface area contributed by atoms with E-state index in [0.717, 1.165) is 38.5 Å². The number of anilines is 1. The van der Waals surface area contributed by atoms with Gasteiger partial charge in [0.15, 0.2) is 0 Å². The van der Waals surface area contributed by atoms with Crippen LogP contribution in [-0.2, 0) is 15.3 Å². The van der Waals surface area contributed by atoms with Gasteiger partial charge < -0.3 is 10.1 Å². The van der Waals surface area contributed by atoms with Crippen molar-refractivity contribution in [2.45, 2.75) is 19.1 Å². The van der Waals surface area contributed by atoms with Crippen LogP contribution in [0, 0.1) is 0 Å². The monoisotopic (exact) mass is 386 g/mol. The van der Waals surface area contributed by atoms with Crippen molar-refractivity contribution in [3.8, 4) is 0 Å². The van der Waals surface area contributed by atoms with Gasteiger partial charge in [0.1, 0.15) is 0 Å². The van der Waals surface area contributed by atoms with Crippen LogP contribution in [0.2, 0.25) is 5.02 Å². The number of nitrogens with one attached hydrogen (secondary N) is 1. The summed E-state index contributed by atoms with van der Waals surface area (Å²) in [5.74, 6) is 0.481. The summed E-state index contributed by atoms with van der Waals surface area (Å²) in [5.41, 5.74) is 3.61. The second-order valence-electron chi connectivity index (χ2n) is 5.66. The summed E-state index contributed by atoms with van der Waals surface area (Å²) in [6.07, 6.45) is 2.09. The summed E-state index contributed by atoms with van der Waals surface area (Å²) in [4.78, 5) is 16.6. The van der Waals surface area contributed by atoms with E-state index in [2.05, 4.69) is 5.32 Å². The van der Waals surface area contributed by atoms with E-state index >= 15 is 0 Å². The Morgan fingerprint density at radius 2 is 2.08 bits per heavy atom. The highest BCUT2D eigenvalue weighted by atomic mass is 35.5. The van der Waals surface area contributed by atoms with Crippen LogP contribution < -0.4 is 5.32 Å². The molecule has 26 heavy (non-hydrogen) atoms. The van der Waals surface area contributed by atoms with Crippen molar-refractivity contribution >= 4 is 45.8 Å². The summed E-state index contributed by atoms with van der Waals surface area (Å²) in [6, 6.07) is 15.5. The van der Waals surface area contributed by atoms with E-state index in [-0.39, 0.29) is 12.4 Å². The number of hydrogen-bond donors (Lipinski definition) is 1. The molecule has 1 heterocycles. The van der Waals surface area contributed by atoms with E-state index in [1.807, 2.05) is 54.6 Å². The van der Waals surface area contributed by atoms with Gasteiger partial charge in [0.05, 0.1) is 29.4 Å². The number of fused-ring (bicyclic) bond motifs is 1. The lowest BCUT2D eigenvalue weighted by Gasteiger charge is -2.10. The SMILES string of the molecule is CCOC(=O)CC1=CC(SCc2cccc(Cl)c2)=Nc2ccccc2N1. The van der Waals surface area contributed by atoms with Gasteiger partial charge in [-0.15, -0.1) is 11.8 Å². The number of halogens is 1. The Morgan fingerprint density at radius 3 is 2.88 bits per heavy atom. The van der Waals surface area contributed by atoms with Crippen LogP contribution in [-0.4, -0.2) is 17.6 Å². The smallest absolute Gasteiger partial charge is 0.311 e. The van der Waals surface area contributed by atoms with Crippen molar-refractivity contribution in [2.24, 2.45) is 4.99 Å². The molecule has 0 saturated heterocycles. The topological polar surface area (TPSA) is 50.7 Å². The number of rotatable bonds is 5. The molecule has 6 heteroatoms. The number of ether oxygens (including phenoxy) is 1. The van der Waals surface area contributed by atoms with Gasteiger partial charge in [-0.2, -0.15) is 0 Å². The molecule has 1 N–H and O–H groups in total. The Labute approximate surface area is 162 Å². The summed E-state index contributed by atoms with van der Waals surface area (Å²) in [7, 11) is 0. The lowest BCUT2D eigenvalue weighted by Crippen LogP contribution is -2.10. The highest BCUT2D eigenvalue weighted by Gasteiger charge is 2.14. The van der Waals surface area contributed by atoms with Crippen LogP contribution in [0.3, 0.4) is 0 Å². The van der Waals surface area contributed by atoms with Crippen LogP contribution in [0.1, 0.15) is 18.9 Å². The summed E-state index contributed by atoms with van der Waals surface area (Å²) >= 11 is 7.66. The standard InChI is InChI=1S/C20H19ClN2O2S/c1-2-25-20(24)12-16-11-19(23-18-9-4-3-8-17(18)22-16)26-13-14-6-5-7-15(21)10-14/h3-11,22H,2,12-13H2,1H3. The molecule has 0 bridgehead atoms. The molecule has 2 aromatic carbocycles. The number of carbonyl (C=O) groups is 1. The van der Waals surface area contributed by atoms with Gasteiger partial charge in [-0.05, 0) is 42.8 Å². The molecule has 2 aromatic rings. The molecule has 0 amide bonds. The van der Waals surface area contributed by atoms with E-state index in [4.69, 9.17) is 21.3 Å². The van der Waals surface area contributed by atoms with Crippen molar-refractivity contribution < 1.29 is 9.53 Å². The molecule has 0 spiro atoms. The highest BCUT2D eigenvalue weighted by molar-refractivity contribution is 8.13. The van der Waals surface area contributed by atoms with Crippen molar-refractivity contribution in [1.82, 2.24) is 0 Å². The minimum Gasteiger partial charge on any atom is -0.466 e. The lowest BCUT2D eigenvalue weighted by molar-refractivity contribution is -0.142. The maximum absolute atomic E-state index is 11.9. The fourth-order valence-corrected chi connectivity index (χ4v) is 3.60. The molecule has 0 unspecified atom stereocenters. The second kappa shape index (κ2) is 8.92. The molecule has 134 valence electrons. The second-order valence-corrected chi connectivity index (χ2v) is 7.09. The third kappa shape index (κ3) is 5.13. The minimum atomic E-state index is -0.259. The zero-order valence-corrected chi connectivity index (χ0v) is 15.9. The number of esters is 1. The van der Waals surface area contributed by atoms with Gasteiger partial charge in [0.2, 0.25) is 0 Å². The summed E-state index contributed by atoms with van der Waals surface area (Å²) in [6.45, 7) is 2.17. The van der Waals surface area contributed by atoms with Gasteiger partial charge in [0, 0.05) is 16.5 Å². The average molecular weight is 387 g/mol. The van der Waals surface area contributed by atoms with Crippen molar-refractivity contribution in [1.29, 1.82) is 0 Å². The fourth-order valence-electron chi connectivity index (χ4n) is 2.51. The molecule has 0 saturated carbocycles. The van der Waals surface area contributed by atoms with Crippen LogP contribution in [0.25, 0.3) is 0 Å². The maximum atomic E-state index is 11.9. The van der Waals surface area contributed by atoms with Gasteiger partial charge in [-0.25, -0.2) is 4.99 Å². The van der Waals surface area contributed by atoms with Crippen LogP contribution in [0.4, 0.5) is 11.4 Å². The van der Waals surface area contributed by atoms with Crippen LogP contribution in [0.15, 0.2) is 65.3 Å². The largest absolute Gasteiger partial charge is 0.466 e.